The molecule has 0 spiro atoms. The van der Waals surface area contributed by atoms with Crippen molar-refractivity contribution in [3.8, 4) is 5.88 Å². The first kappa shape index (κ1) is 23.9. The molecule has 0 saturated carbocycles. The van der Waals surface area contributed by atoms with Crippen molar-refractivity contribution in [1.29, 1.82) is 0 Å². The molecule has 32 heavy (non-hydrogen) atoms. The maximum absolute atomic E-state index is 13.4. The molecule has 0 radical (unpaired) electrons. The second-order valence-electron chi connectivity index (χ2n) is 7.03. The summed E-state index contributed by atoms with van der Waals surface area (Å²) in [7, 11) is -4.04. The van der Waals surface area contributed by atoms with Gasteiger partial charge in [0, 0.05) is 25.1 Å². The summed E-state index contributed by atoms with van der Waals surface area (Å²) in [6, 6.07) is 4.83. The predicted octanol–water partition coefficient (Wildman–Crippen LogP) is 3.34. The molecule has 0 unspecified atom stereocenters. The Morgan fingerprint density at radius 1 is 1.12 bits per heavy atom. The second-order valence-corrected chi connectivity index (χ2v) is 8.97. The molecule has 1 aromatic carbocycles. The van der Waals surface area contributed by atoms with Crippen molar-refractivity contribution in [2.24, 2.45) is 5.92 Å². The molecule has 1 aromatic heterocycles. The first-order chi connectivity index (χ1) is 15.0. The summed E-state index contributed by atoms with van der Waals surface area (Å²) >= 11 is 0. The summed E-state index contributed by atoms with van der Waals surface area (Å²) in [6.45, 7) is -1.48. The number of piperidine rings is 1. The van der Waals surface area contributed by atoms with E-state index in [4.69, 9.17) is 0 Å². The van der Waals surface area contributed by atoms with Gasteiger partial charge in [0.1, 0.15) is 0 Å². The van der Waals surface area contributed by atoms with Crippen molar-refractivity contribution in [1.82, 2.24) is 9.29 Å². The van der Waals surface area contributed by atoms with Gasteiger partial charge < -0.3 is 10.1 Å². The standard InChI is InChI=1S/C19H18F5N3O4S/c20-15-3-2-14(9-16(15)21)32(29,30)27-7-5-12(6-8-27)18(28)26-13-1-4-17(25-10-13)31-11-19(22,23)24/h1-4,9-10,12H,5-8,11H2,(H,26,28). The van der Waals surface area contributed by atoms with Gasteiger partial charge >= 0.3 is 6.18 Å². The number of ether oxygens (including phenoxy) is 1. The van der Waals surface area contributed by atoms with Gasteiger partial charge in [0.05, 0.1) is 16.8 Å². The van der Waals surface area contributed by atoms with Crippen molar-refractivity contribution < 1.29 is 39.9 Å². The fourth-order valence-electron chi connectivity index (χ4n) is 3.08. The monoisotopic (exact) mass is 479 g/mol. The minimum absolute atomic E-state index is 0.00187. The maximum atomic E-state index is 13.4. The second kappa shape index (κ2) is 9.36. The first-order valence-corrected chi connectivity index (χ1v) is 10.8. The summed E-state index contributed by atoms with van der Waals surface area (Å²) in [4.78, 5) is 15.8. The molecule has 1 aliphatic heterocycles. The molecule has 2 aromatic rings. The van der Waals surface area contributed by atoms with Gasteiger partial charge in [-0.25, -0.2) is 22.2 Å². The Morgan fingerprint density at radius 3 is 2.38 bits per heavy atom. The van der Waals surface area contributed by atoms with E-state index in [1.165, 1.54) is 12.1 Å². The van der Waals surface area contributed by atoms with Crippen molar-refractivity contribution in [3.63, 3.8) is 0 Å². The predicted molar refractivity (Wildman–Crippen MR) is 102 cm³/mol. The van der Waals surface area contributed by atoms with Crippen LogP contribution in [0.2, 0.25) is 0 Å². The van der Waals surface area contributed by atoms with Crippen LogP contribution < -0.4 is 10.1 Å². The van der Waals surface area contributed by atoms with Crippen LogP contribution >= 0.6 is 0 Å². The minimum atomic E-state index is -4.50. The van der Waals surface area contributed by atoms with Crippen LogP contribution in [-0.2, 0) is 14.8 Å². The number of aromatic nitrogens is 1. The average molecular weight is 479 g/mol. The fraction of sp³-hybridized carbons (Fsp3) is 0.368. The molecule has 0 atom stereocenters. The normalized spacial score (nSPS) is 16.0. The Balaban J connectivity index is 1.54. The molecule has 174 valence electrons. The van der Waals surface area contributed by atoms with E-state index in [1.54, 1.807) is 0 Å². The van der Waals surface area contributed by atoms with Crippen molar-refractivity contribution in [2.75, 3.05) is 25.0 Å². The highest BCUT2D eigenvalue weighted by Gasteiger charge is 2.33. The van der Waals surface area contributed by atoms with Crippen LogP contribution in [-0.4, -0.2) is 49.5 Å². The van der Waals surface area contributed by atoms with Gasteiger partial charge in [-0.2, -0.15) is 17.5 Å². The van der Waals surface area contributed by atoms with Gasteiger partial charge in [-0.05, 0) is 37.1 Å². The SMILES string of the molecule is O=C(Nc1ccc(OCC(F)(F)F)nc1)C1CCN(S(=O)(=O)c2ccc(F)c(F)c2)CC1. The molecular formula is C19H18F5N3O4S. The zero-order valence-electron chi connectivity index (χ0n) is 16.4. The number of hydrogen-bond donors (Lipinski definition) is 1. The van der Waals surface area contributed by atoms with Gasteiger partial charge in [0.15, 0.2) is 18.2 Å². The largest absolute Gasteiger partial charge is 0.468 e. The van der Waals surface area contributed by atoms with Gasteiger partial charge in [-0.1, -0.05) is 0 Å². The molecule has 7 nitrogen and oxygen atoms in total. The summed E-state index contributed by atoms with van der Waals surface area (Å²) in [5, 5.41) is 2.57. The number of hydrogen-bond acceptors (Lipinski definition) is 5. The lowest BCUT2D eigenvalue weighted by molar-refractivity contribution is -0.154. The van der Waals surface area contributed by atoms with Crippen LogP contribution in [0.15, 0.2) is 41.4 Å². The highest BCUT2D eigenvalue weighted by molar-refractivity contribution is 7.89. The number of anilines is 1. The molecule has 0 bridgehead atoms. The van der Waals surface area contributed by atoms with E-state index in [-0.39, 0.29) is 42.4 Å². The van der Waals surface area contributed by atoms with E-state index < -0.39 is 46.3 Å². The van der Waals surface area contributed by atoms with E-state index in [0.717, 1.165) is 22.6 Å². The molecule has 1 saturated heterocycles. The summed E-state index contributed by atoms with van der Waals surface area (Å²) in [5.74, 6) is -3.61. The number of benzene rings is 1. The minimum Gasteiger partial charge on any atom is -0.468 e. The lowest BCUT2D eigenvalue weighted by Gasteiger charge is -2.30. The van der Waals surface area contributed by atoms with Crippen molar-refractivity contribution in [3.05, 3.63) is 48.2 Å². The highest BCUT2D eigenvalue weighted by Crippen LogP contribution is 2.26. The van der Waals surface area contributed by atoms with E-state index >= 15 is 0 Å². The average Bonchev–Trinajstić information content (AvgIpc) is 2.74. The summed E-state index contributed by atoms with van der Waals surface area (Å²) in [5.41, 5.74) is 0.242. The number of halogens is 5. The number of nitrogens with zero attached hydrogens (tertiary/aromatic N) is 2. The van der Waals surface area contributed by atoms with E-state index in [9.17, 15) is 35.2 Å². The summed E-state index contributed by atoms with van der Waals surface area (Å²) in [6.07, 6.45) is -2.97. The molecular weight excluding hydrogens is 461 g/mol. The molecule has 3 rings (SSSR count). The number of alkyl halides is 3. The molecule has 1 N–H and O–H groups in total. The van der Waals surface area contributed by atoms with Crippen LogP contribution in [0.4, 0.5) is 27.6 Å². The number of sulfonamides is 1. The zero-order chi connectivity index (χ0) is 23.5. The van der Waals surface area contributed by atoms with E-state index in [1.807, 2.05) is 0 Å². The van der Waals surface area contributed by atoms with Crippen LogP contribution in [0.25, 0.3) is 0 Å². The Hall–Kier alpha value is -2.80. The van der Waals surface area contributed by atoms with Gasteiger partial charge in [-0.15, -0.1) is 0 Å². The summed E-state index contributed by atoms with van der Waals surface area (Å²) < 4.78 is 93.7. The quantitative estimate of drug-likeness (QED) is 0.643. The molecule has 1 aliphatic rings. The Morgan fingerprint density at radius 2 is 1.81 bits per heavy atom. The van der Waals surface area contributed by atoms with Crippen molar-refractivity contribution >= 4 is 21.6 Å². The molecule has 2 heterocycles. The van der Waals surface area contributed by atoms with E-state index in [0.29, 0.717) is 6.07 Å². The third kappa shape index (κ3) is 5.91. The zero-order valence-corrected chi connectivity index (χ0v) is 17.2. The number of pyridine rings is 1. The van der Waals surface area contributed by atoms with Crippen LogP contribution in [0.3, 0.4) is 0 Å². The topological polar surface area (TPSA) is 88.6 Å². The highest BCUT2D eigenvalue weighted by atomic mass is 32.2. The Labute approximate surface area is 180 Å². The first-order valence-electron chi connectivity index (χ1n) is 9.37. The number of nitrogens with one attached hydrogen (secondary N) is 1. The number of amides is 1. The Bertz CT molecular complexity index is 1070. The van der Waals surface area contributed by atoms with Crippen molar-refractivity contribution in [2.45, 2.75) is 23.9 Å². The number of carbonyl (C=O) groups excluding carboxylic acids is 1. The van der Waals surface area contributed by atoms with E-state index in [2.05, 4.69) is 15.0 Å². The van der Waals surface area contributed by atoms with Gasteiger partial charge in [0.2, 0.25) is 21.8 Å². The molecule has 1 amide bonds. The Kier molecular flexibility index (Phi) is 6.98. The lowest BCUT2D eigenvalue weighted by atomic mass is 9.97. The van der Waals surface area contributed by atoms with Crippen LogP contribution in [0.1, 0.15) is 12.8 Å². The molecule has 0 aliphatic carbocycles. The lowest BCUT2D eigenvalue weighted by Crippen LogP contribution is -2.41. The number of carbonyl (C=O) groups is 1. The van der Waals surface area contributed by atoms with Gasteiger partial charge in [-0.3, -0.25) is 4.79 Å². The van der Waals surface area contributed by atoms with Gasteiger partial charge in [0.25, 0.3) is 0 Å². The maximum Gasteiger partial charge on any atom is 0.422 e. The van der Waals surface area contributed by atoms with Crippen LogP contribution in [0, 0.1) is 17.6 Å². The van der Waals surface area contributed by atoms with Crippen LogP contribution in [0.5, 0.6) is 5.88 Å². The molecule has 1 fully saturated rings. The molecule has 13 heteroatoms. The third-order valence-corrected chi connectivity index (χ3v) is 6.64. The number of rotatable bonds is 6. The third-order valence-electron chi connectivity index (χ3n) is 4.74. The fourth-order valence-corrected chi connectivity index (χ4v) is 4.57. The smallest absolute Gasteiger partial charge is 0.422 e.